The monoisotopic (exact) mass is 287 g/mol. The van der Waals surface area contributed by atoms with E-state index in [9.17, 15) is 0 Å². The van der Waals surface area contributed by atoms with E-state index in [0.717, 1.165) is 6.42 Å². The highest BCUT2D eigenvalue weighted by molar-refractivity contribution is 7.11. The van der Waals surface area contributed by atoms with E-state index in [4.69, 9.17) is 4.98 Å². The first kappa shape index (κ1) is 13.7. The van der Waals surface area contributed by atoms with Gasteiger partial charge in [-0.2, -0.15) is 0 Å². The normalized spacial score (nSPS) is 16.1. The summed E-state index contributed by atoms with van der Waals surface area (Å²) in [5, 5.41) is 4.82. The molecule has 2 aromatic rings. The lowest BCUT2D eigenvalue weighted by Crippen LogP contribution is -2.29. The van der Waals surface area contributed by atoms with Crippen molar-refractivity contribution in [3.63, 3.8) is 0 Å². The molecular weight excluding hydrogens is 266 g/mol. The Balaban J connectivity index is 1.94. The molecule has 2 aromatic heterocycles. The Labute approximate surface area is 124 Å². The highest BCUT2D eigenvalue weighted by Crippen LogP contribution is 2.32. The summed E-state index contributed by atoms with van der Waals surface area (Å²) < 4.78 is 0. The minimum Gasteiger partial charge on any atom is -0.302 e. The molecule has 106 valence electrons. The molecule has 0 spiro atoms. The minimum absolute atomic E-state index is 0.166. The molecule has 0 aliphatic heterocycles. The van der Waals surface area contributed by atoms with Gasteiger partial charge in [0, 0.05) is 23.3 Å². The van der Waals surface area contributed by atoms with Gasteiger partial charge in [0.05, 0.1) is 11.7 Å². The maximum absolute atomic E-state index is 4.91. The van der Waals surface area contributed by atoms with Crippen LogP contribution in [0.15, 0.2) is 24.5 Å². The smallest absolute Gasteiger partial charge is 0.115 e. The quantitative estimate of drug-likeness (QED) is 0.935. The van der Waals surface area contributed by atoms with Crippen molar-refractivity contribution in [2.24, 2.45) is 0 Å². The predicted molar refractivity (Wildman–Crippen MR) is 83.1 cm³/mol. The third-order valence-corrected chi connectivity index (χ3v) is 4.85. The topological polar surface area (TPSA) is 37.8 Å². The molecule has 0 radical (unpaired) electrons. The van der Waals surface area contributed by atoms with E-state index in [-0.39, 0.29) is 6.04 Å². The predicted octanol–water partition coefficient (Wildman–Crippen LogP) is 3.50. The largest absolute Gasteiger partial charge is 0.302 e. The molecule has 3 rings (SSSR count). The number of nitrogens with one attached hydrogen (secondary N) is 1. The zero-order chi connectivity index (χ0) is 13.9. The van der Waals surface area contributed by atoms with Crippen LogP contribution in [-0.4, -0.2) is 16.0 Å². The molecule has 0 aromatic carbocycles. The molecule has 1 aliphatic rings. The second-order valence-electron chi connectivity index (χ2n) is 5.67. The molecule has 4 heteroatoms. The Morgan fingerprint density at radius 3 is 2.80 bits per heavy atom. The van der Waals surface area contributed by atoms with E-state index in [2.05, 4.69) is 30.2 Å². The van der Waals surface area contributed by atoms with E-state index < -0.39 is 0 Å². The summed E-state index contributed by atoms with van der Waals surface area (Å²) in [4.78, 5) is 10.7. The lowest BCUT2D eigenvalue weighted by Gasteiger charge is -2.19. The van der Waals surface area contributed by atoms with Gasteiger partial charge in [0.15, 0.2) is 0 Å². The molecule has 0 saturated carbocycles. The van der Waals surface area contributed by atoms with Gasteiger partial charge in [-0.25, -0.2) is 4.98 Å². The zero-order valence-corrected chi connectivity index (χ0v) is 12.9. The summed E-state index contributed by atoms with van der Waals surface area (Å²) in [5.74, 6) is 0. The van der Waals surface area contributed by atoms with Gasteiger partial charge in [-0.3, -0.25) is 4.98 Å². The van der Waals surface area contributed by atoms with Crippen molar-refractivity contribution in [1.82, 2.24) is 15.3 Å². The van der Waals surface area contributed by atoms with Gasteiger partial charge in [0.2, 0.25) is 0 Å². The standard InChI is InChI=1S/C16H21N3S/c1-11(2)18-15(12-6-5-9-17-10-12)16-19-13-7-3-4-8-14(13)20-16/h5-6,9-11,15,18H,3-4,7-8H2,1-2H3. The van der Waals surface area contributed by atoms with Crippen LogP contribution in [0.25, 0.3) is 0 Å². The lowest BCUT2D eigenvalue weighted by molar-refractivity contribution is 0.524. The lowest BCUT2D eigenvalue weighted by atomic mass is 10.0. The fraction of sp³-hybridized carbons (Fsp3) is 0.500. The number of rotatable bonds is 4. The molecule has 1 aliphatic carbocycles. The average Bonchev–Trinajstić information content (AvgIpc) is 2.89. The minimum atomic E-state index is 0.166. The van der Waals surface area contributed by atoms with Gasteiger partial charge in [0.25, 0.3) is 0 Å². The number of hydrogen-bond acceptors (Lipinski definition) is 4. The maximum atomic E-state index is 4.91. The SMILES string of the molecule is CC(C)NC(c1cccnc1)c1nc2c(s1)CCCC2. The number of thiazole rings is 1. The zero-order valence-electron chi connectivity index (χ0n) is 12.1. The van der Waals surface area contributed by atoms with Crippen LogP contribution < -0.4 is 5.32 Å². The van der Waals surface area contributed by atoms with Crippen LogP contribution in [0, 0.1) is 0 Å². The molecule has 20 heavy (non-hydrogen) atoms. The molecule has 0 amide bonds. The van der Waals surface area contributed by atoms with E-state index in [1.807, 2.05) is 29.8 Å². The van der Waals surface area contributed by atoms with Crippen LogP contribution in [0.5, 0.6) is 0 Å². The molecule has 0 bridgehead atoms. The van der Waals surface area contributed by atoms with Gasteiger partial charge in [0.1, 0.15) is 5.01 Å². The third kappa shape index (κ3) is 2.91. The van der Waals surface area contributed by atoms with Crippen molar-refractivity contribution in [2.75, 3.05) is 0 Å². The Kier molecular flexibility index (Phi) is 4.13. The van der Waals surface area contributed by atoms with Gasteiger partial charge < -0.3 is 5.32 Å². The number of fused-ring (bicyclic) bond motifs is 1. The van der Waals surface area contributed by atoms with Crippen molar-refractivity contribution >= 4 is 11.3 Å². The van der Waals surface area contributed by atoms with Crippen molar-refractivity contribution in [3.8, 4) is 0 Å². The second-order valence-corrected chi connectivity index (χ2v) is 6.79. The van der Waals surface area contributed by atoms with Gasteiger partial charge in [-0.1, -0.05) is 6.07 Å². The highest BCUT2D eigenvalue weighted by Gasteiger charge is 2.22. The molecule has 1 N–H and O–H groups in total. The fourth-order valence-electron chi connectivity index (χ4n) is 2.69. The highest BCUT2D eigenvalue weighted by atomic mass is 32.1. The molecular formula is C16H21N3S. The summed E-state index contributed by atoms with van der Waals surface area (Å²) in [5.41, 5.74) is 2.53. The van der Waals surface area contributed by atoms with E-state index in [0.29, 0.717) is 6.04 Å². The summed E-state index contributed by atoms with van der Waals surface area (Å²) in [6.07, 6.45) is 8.71. The van der Waals surface area contributed by atoms with Crippen LogP contribution >= 0.6 is 11.3 Å². The molecule has 1 unspecified atom stereocenters. The molecule has 3 nitrogen and oxygen atoms in total. The maximum Gasteiger partial charge on any atom is 0.115 e. The molecule has 0 fully saturated rings. The fourth-order valence-corrected chi connectivity index (χ4v) is 3.93. The number of nitrogens with zero attached hydrogens (tertiary/aromatic N) is 2. The van der Waals surface area contributed by atoms with E-state index >= 15 is 0 Å². The van der Waals surface area contributed by atoms with Gasteiger partial charge >= 0.3 is 0 Å². The van der Waals surface area contributed by atoms with E-state index in [1.165, 1.54) is 40.4 Å². The second kappa shape index (κ2) is 6.02. The third-order valence-electron chi connectivity index (χ3n) is 3.63. The molecule has 2 heterocycles. The van der Waals surface area contributed by atoms with Crippen molar-refractivity contribution in [1.29, 1.82) is 0 Å². The Morgan fingerprint density at radius 1 is 1.25 bits per heavy atom. The first-order valence-electron chi connectivity index (χ1n) is 7.38. The van der Waals surface area contributed by atoms with Crippen LogP contribution in [0.4, 0.5) is 0 Å². The summed E-state index contributed by atoms with van der Waals surface area (Å²) in [7, 11) is 0. The Morgan fingerprint density at radius 2 is 2.10 bits per heavy atom. The molecule has 1 atom stereocenters. The first-order valence-corrected chi connectivity index (χ1v) is 8.20. The van der Waals surface area contributed by atoms with Gasteiger partial charge in [-0.15, -0.1) is 11.3 Å². The first-order chi connectivity index (χ1) is 9.74. The number of aromatic nitrogens is 2. The summed E-state index contributed by atoms with van der Waals surface area (Å²) in [6.45, 7) is 4.35. The summed E-state index contributed by atoms with van der Waals surface area (Å²) in [6, 6.07) is 4.71. The molecule has 0 saturated heterocycles. The Hall–Kier alpha value is -1.26. The van der Waals surface area contributed by atoms with Crippen LogP contribution in [-0.2, 0) is 12.8 Å². The van der Waals surface area contributed by atoms with Crippen LogP contribution in [0.3, 0.4) is 0 Å². The van der Waals surface area contributed by atoms with Crippen molar-refractivity contribution in [2.45, 2.75) is 51.6 Å². The average molecular weight is 287 g/mol. The Bertz CT molecular complexity index is 539. The van der Waals surface area contributed by atoms with Crippen LogP contribution in [0.1, 0.15) is 53.9 Å². The van der Waals surface area contributed by atoms with Crippen LogP contribution in [0.2, 0.25) is 0 Å². The number of hydrogen-bond donors (Lipinski definition) is 1. The summed E-state index contributed by atoms with van der Waals surface area (Å²) >= 11 is 1.88. The number of pyridine rings is 1. The van der Waals surface area contributed by atoms with Gasteiger partial charge in [-0.05, 0) is 51.2 Å². The number of aryl methyl sites for hydroxylation is 2. The van der Waals surface area contributed by atoms with E-state index in [1.54, 1.807) is 0 Å². The van der Waals surface area contributed by atoms with Crippen molar-refractivity contribution < 1.29 is 0 Å². The van der Waals surface area contributed by atoms with Crippen molar-refractivity contribution in [3.05, 3.63) is 45.7 Å².